The molecule has 2 aromatic carbocycles. The lowest BCUT2D eigenvalue weighted by molar-refractivity contribution is 0.0474. The lowest BCUT2D eigenvalue weighted by Crippen LogP contribution is -2.40. The topological polar surface area (TPSA) is 108 Å². The van der Waals surface area contributed by atoms with Crippen molar-refractivity contribution in [1.82, 2.24) is 4.31 Å². The maximum Gasteiger partial charge on any atom is 0.340 e. The molecule has 2 aromatic rings. The summed E-state index contributed by atoms with van der Waals surface area (Å²) in [4.78, 5) is 24.8. The van der Waals surface area contributed by atoms with Gasteiger partial charge < -0.3 is 18.9 Å². The van der Waals surface area contributed by atoms with E-state index >= 15 is 0 Å². The summed E-state index contributed by atoms with van der Waals surface area (Å²) in [5.41, 5.74) is 0.0488. The third kappa shape index (κ3) is 5.10. The molecule has 0 atom stereocenters. The van der Waals surface area contributed by atoms with Gasteiger partial charge in [0.05, 0.1) is 28.8 Å². The van der Waals surface area contributed by atoms with E-state index in [-0.39, 0.29) is 52.4 Å². The molecule has 33 heavy (non-hydrogen) atoms. The third-order valence-electron chi connectivity index (χ3n) is 5.03. The van der Waals surface area contributed by atoms with E-state index in [0.717, 1.165) is 12.1 Å². The fraction of sp³-hybridized carbons (Fsp3) is 0.333. The van der Waals surface area contributed by atoms with Crippen molar-refractivity contribution < 1.29 is 37.0 Å². The Morgan fingerprint density at radius 3 is 2.36 bits per heavy atom. The van der Waals surface area contributed by atoms with Crippen LogP contribution in [-0.4, -0.2) is 70.6 Å². The van der Waals surface area contributed by atoms with E-state index < -0.39 is 28.4 Å². The van der Waals surface area contributed by atoms with Gasteiger partial charge in [-0.25, -0.2) is 13.2 Å². The summed E-state index contributed by atoms with van der Waals surface area (Å²) in [6.07, 6.45) is 0. The fourth-order valence-electron chi connectivity index (χ4n) is 3.32. The summed E-state index contributed by atoms with van der Waals surface area (Å²) in [7, 11) is -3.99. The van der Waals surface area contributed by atoms with Crippen LogP contribution in [-0.2, 0) is 19.5 Å². The van der Waals surface area contributed by atoms with Crippen molar-refractivity contribution >= 4 is 45.0 Å². The number of nitrogens with zero attached hydrogens (tertiary/aromatic N) is 1. The second-order valence-electron chi connectivity index (χ2n) is 7.14. The van der Waals surface area contributed by atoms with E-state index in [9.17, 15) is 18.0 Å². The van der Waals surface area contributed by atoms with E-state index in [1.54, 1.807) is 6.07 Å². The zero-order valence-corrected chi connectivity index (χ0v) is 19.5. The van der Waals surface area contributed by atoms with E-state index in [1.165, 1.54) is 16.4 Å². The SMILES string of the molecule is O=C(COC(=O)c1cc(S(=O)(=O)N2CCOCC2)c(Cl)cc1Cl)c1ccc2c(c1)OCCO2. The average molecular weight is 516 g/mol. The maximum absolute atomic E-state index is 13.0. The molecule has 4 rings (SSSR count). The number of fused-ring (bicyclic) bond motifs is 1. The Hall–Kier alpha value is -2.37. The molecule has 2 aliphatic rings. The number of hydrogen-bond donors (Lipinski definition) is 0. The van der Waals surface area contributed by atoms with Crippen molar-refractivity contribution in [2.45, 2.75) is 4.90 Å². The van der Waals surface area contributed by atoms with Crippen molar-refractivity contribution in [3.05, 3.63) is 51.5 Å². The molecule has 176 valence electrons. The van der Waals surface area contributed by atoms with Crippen LogP contribution in [0.25, 0.3) is 0 Å². The van der Waals surface area contributed by atoms with Crippen molar-refractivity contribution in [2.75, 3.05) is 46.1 Å². The summed E-state index contributed by atoms with van der Waals surface area (Å²) in [5, 5.41) is -0.229. The Bertz CT molecular complexity index is 1190. The van der Waals surface area contributed by atoms with Crippen molar-refractivity contribution in [1.29, 1.82) is 0 Å². The molecule has 0 bridgehead atoms. The number of rotatable bonds is 6. The molecule has 9 nitrogen and oxygen atoms in total. The van der Waals surface area contributed by atoms with E-state index in [4.69, 9.17) is 42.1 Å². The van der Waals surface area contributed by atoms with Gasteiger partial charge in [0.25, 0.3) is 0 Å². The van der Waals surface area contributed by atoms with Gasteiger partial charge in [0.2, 0.25) is 10.0 Å². The Morgan fingerprint density at radius 1 is 0.939 bits per heavy atom. The minimum absolute atomic E-state index is 0.0993. The van der Waals surface area contributed by atoms with Crippen LogP contribution in [0.3, 0.4) is 0 Å². The van der Waals surface area contributed by atoms with Crippen LogP contribution in [0.1, 0.15) is 20.7 Å². The van der Waals surface area contributed by atoms with Crippen LogP contribution < -0.4 is 9.47 Å². The van der Waals surface area contributed by atoms with Crippen LogP contribution in [0.5, 0.6) is 11.5 Å². The normalized spacial score (nSPS) is 16.3. The molecule has 0 N–H and O–H groups in total. The Morgan fingerprint density at radius 2 is 1.64 bits per heavy atom. The third-order valence-corrected chi connectivity index (χ3v) is 7.70. The first-order chi connectivity index (χ1) is 15.8. The van der Waals surface area contributed by atoms with Gasteiger partial charge in [-0.15, -0.1) is 0 Å². The average Bonchev–Trinajstić information content (AvgIpc) is 2.82. The number of carbonyl (C=O) groups excluding carboxylic acids is 2. The predicted molar refractivity (Wildman–Crippen MR) is 118 cm³/mol. The van der Waals surface area contributed by atoms with Gasteiger partial charge in [-0.2, -0.15) is 4.31 Å². The monoisotopic (exact) mass is 515 g/mol. The van der Waals surface area contributed by atoms with Gasteiger partial charge in [0, 0.05) is 18.7 Å². The minimum Gasteiger partial charge on any atom is -0.486 e. The molecule has 0 spiro atoms. The molecule has 12 heteroatoms. The summed E-state index contributed by atoms with van der Waals surface area (Å²) in [5.74, 6) is -0.485. The summed E-state index contributed by atoms with van der Waals surface area (Å²) < 4.78 is 48.3. The van der Waals surface area contributed by atoms with Gasteiger partial charge in [0.1, 0.15) is 18.1 Å². The standard InChI is InChI=1S/C21H19Cl2NO8S/c22-15-11-16(23)20(33(27,28)24-3-5-29-6-4-24)10-14(15)21(26)32-12-17(25)13-1-2-18-19(9-13)31-8-7-30-18/h1-2,9-11H,3-8,12H2. The van der Waals surface area contributed by atoms with Crippen LogP contribution in [0.2, 0.25) is 10.0 Å². The number of carbonyl (C=O) groups is 2. The highest BCUT2D eigenvalue weighted by Gasteiger charge is 2.30. The quantitative estimate of drug-likeness (QED) is 0.426. The fourth-order valence-corrected chi connectivity index (χ4v) is 5.55. The lowest BCUT2D eigenvalue weighted by atomic mass is 10.1. The molecule has 1 saturated heterocycles. The van der Waals surface area contributed by atoms with Crippen molar-refractivity contribution in [3.8, 4) is 11.5 Å². The summed E-state index contributed by atoms with van der Waals surface area (Å²) in [6.45, 7) is 1.02. The molecule has 0 aliphatic carbocycles. The molecule has 0 saturated carbocycles. The first-order valence-electron chi connectivity index (χ1n) is 9.94. The maximum atomic E-state index is 13.0. The van der Waals surface area contributed by atoms with Crippen LogP contribution in [0.4, 0.5) is 0 Å². The van der Waals surface area contributed by atoms with Crippen molar-refractivity contribution in [2.24, 2.45) is 0 Å². The highest BCUT2D eigenvalue weighted by atomic mass is 35.5. The van der Waals surface area contributed by atoms with E-state index in [2.05, 4.69) is 0 Å². The second kappa shape index (κ2) is 9.86. The molecule has 0 amide bonds. The Balaban J connectivity index is 1.50. The summed E-state index contributed by atoms with van der Waals surface area (Å²) >= 11 is 12.2. The number of benzene rings is 2. The largest absolute Gasteiger partial charge is 0.486 e. The van der Waals surface area contributed by atoms with Gasteiger partial charge in [-0.1, -0.05) is 23.2 Å². The minimum atomic E-state index is -3.99. The number of halogens is 2. The lowest BCUT2D eigenvalue weighted by Gasteiger charge is -2.26. The Labute approximate surface area is 200 Å². The van der Waals surface area contributed by atoms with Gasteiger partial charge in [0.15, 0.2) is 23.9 Å². The van der Waals surface area contributed by atoms with Crippen LogP contribution >= 0.6 is 23.2 Å². The number of hydrogen-bond acceptors (Lipinski definition) is 8. The van der Waals surface area contributed by atoms with Crippen LogP contribution in [0.15, 0.2) is 35.2 Å². The van der Waals surface area contributed by atoms with Gasteiger partial charge in [-0.3, -0.25) is 4.79 Å². The molecule has 0 unspecified atom stereocenters. The molecule has 0 aromatic heterocycles. The molecule has 2 heterocycles. The zero-order valence-electron chi connectivity index (χ0n) is 17.2. The highest BCUT2D eigenvalue weighted by molar-refractivity contribution is 7.89. The van der Waals surface area contributed by atoms with Crippen molar-refractivity contribution in [3.63, 3.8) is 0 Å². The molecular formula is C21H19Cl2NO8S. The second-order valence-corrected chi connectivity index (χ2v) is 9.86. The number of esters is 1. The predicted octanol–water partition coefficient (Wildman–Crippen LogP) is 2.83. The highest BCUT2D eigenvalue weighted by Crippen LogP contribution is 2.32. The molecule has 2 aliphatic heterocycles. The van der Waals surface area contributed by atoms with Crippen LogP contribution in [0, 0.1) is 0 Å². The van der Waals surface area contributed by atoms with E-state index in [1.807, 2.05) is 0 Å². The number of ketones is 1. The molecule has 1 fully saturated rings. The molecular weight excluding hydrogens is 497 g/mol. The number of ether oxygens (including phenoxy) is 4. The van der Waals surface area contributed by atoms with Gasteiger partial charge >= 0.3 is 5.97 Å². The van der Waals surface area contributed by atoms with E-state index in [0.29, 0.717) is 24.7 Å². The number of Topliss-reactive ketones (excluding diaryl/α,β-unsaturated/α-hetero) is 1. The molecule has 0 radical (unpaired) electrons. The number of sulfonamides is 1. The zero-order chi connectivity index (χ0) is 23.6. The number of morpholine rings is 1. The Kier molecular flexibility index (Phi) is 7.10. The first-order valence-corrected chi connectivity index (χ1v) is 12.1. The van der Waals surface area contributed by atoms with Gasteiger partial charge in [-0.05, 0) is 30.3 Å². The summed E-state index contributed by atoms with van der Waals surface area (Å²) in [6, 6.07) is 6.86. The first kappa shape index (κ1) is 23.8. The smallest absolute Gasteiger partial charge is 0.340 e.